The highest BCUT2D eigenvalue weighted by molar-refractivity contribution is 7.19. The van der Waals surface area contributed by atoms with Crippen molar-refractivity contribution in [3.05, 3.63) is 53.9 Å². The van der Waals surface area contributed by atoms with Gasteiger partial charge in [0.1, 0.15) is 29.5 Å². The van der Waals surface area contributed by atoms with E-state index < -0.39 is 24.3 Å². The molecule has 3 aromatic heterocycles. The van der Waals surface area contributed by atoms with Gasteiger partial charge in [-0.1, -0.05) is 33.8 Å². The molecule has 0 spiro atoms. The topological polar surface area (TPSA) is 184 Å². The van der Waals surface area contributed by atoms with Gasteiger partial charge in [-0.2, -0.15) is 0 Å². The number of alkyl carbamates (subject to hydrolysis) is 2. The van der Waals surface area contributed by atoms with Crippen LogP contribution < -0.4 is 15.4 Å². The first kappa shape index (κ1) is 38.9. The van der Waals surface area contributed by atoms with Crippen LogP contribution in [-0.4, -0.2) is 99.7 Å². The second-order valence-corrected chi connectivity index (χ2v) is 16.3. The van der Waals surface area contributed by atoms with Crippen LogP contribution in [0.5, 0.6) is 5.75 Å². The van der Waals surface area contributed by atoms with Crippen LogP contribution in [0.15, 0.2) is 36.7 Å². The van der Waals surface area contributed by atoms with Crippen LogP contribution in [0.3, 0.4) is 0 Å². The molecule has 1 aromatic carbocycles. The zero-order valence-electron chi connectivity index (χ0n) is 32.6. The van der Waals surface area contributed by atoms with Gasteiger partial charge in [-0.3, -0.25) is 9.59 Å². The Bertz CT molecular complexity index is 2090. The maximum Gasteiger partial charge on any atom is 0.407 e. The van der Waals surface area contributed by atoms with Gasteiger partial charge in [0.05, 0.1) is 61.6 Å². The van der Waals surface area contributed by atoms with Crippen molar-refractivity contribution in [1.29, 1.82) is 0 Å². The highest BCUT2D eigenvalue weighted by Crippen LogP contribution is 2.45. The van der Waals surface area contributed by atoms with Crippen molar-refractivity contribution >= 4 is 35.3 Å². The normalized spacial score (nSPS) is 18.9. The van der Waals surface area contributed by atoms with E-state index in [9.17, 15) is 19.2 Å². The number of rotatable bonds is 10. The number of thiophene rings is 1. The number of nitrogens with zero attached hydrogens (tertiary/aromatic N) is 4. The predicted molar refractivity (Wildman–Crippen MR) is 210 cm³/mol. The molecule has 56 heavy (non-hydrogen) atoms. The van der Waals surface area contributed by atoms with E-state index in [0.29, 0.717) is 25.5 Å². The van der Waals surface area contributed by atoms with Crippen LogP contribution in [0.2, 0.25) is 0 Å². The Morgan fingerprint density at radius 3 is 1.93 bits per heavy atom. The number of hydrogen-bond donors (Lipinski definition) is 4. The van der Waals surface area contributed by atoms with Crippen molar-refractivity contribution in [2.75, 3.05) is 33.9 Å². The van der Waals surface area contributed by atoms with Gasteiger partial charge in [0.15, 0.2) is 0 Å². The molecule has 16 heteroatoms. The Labute approximate surface area is 329 Å². The molecule has 0 aliphatic carbocycles. The predicted octanol–water partition coefficient (Wildman–Crippen LogP) is 6.22. The summed E-state index contributed by atoms with van der Waals surface area (Å²) in [5.41, 5.74) is 4.82. The second-order valence-electron chi connectivity index (χ2n) is 15.2. The number of benzene rings is 1. The molecule has 298 valence electrons. The lowest BCUT2D eigenvalue weighted by atomic mass is 10.0. The number of imidazole rings is 2. The largest absolute Gasteiger partial charge is 0.493 e. The van der Waals surface area contributed by atoms with Gasteiger partial charge in [-0.15, -0.1) is 11.3 Å². The van der Waals surface area contributed by atoms with Crippen molar-refractivity contribution in [1.82, 2.24) is 40.4 Å². The number of aromatic amines is 2. The highest BCUT2D eigenvalue weighted by Gasteiger charge is 2.39. The molecule has 2 saturated heterocycles. The average molecular weight is 787 g/mol. The van der Waals surface area contributed by atoms with Crippen LogP contribution in [0.25, 0.3) is 32.3 Å². The van der Waals surface area contributed by atoms with Crippen molar-refractivity contribution in [3.63, 3.8) is 0 Å². The molecule has 0 saturated carbocycles. The van der Waals surface area contributed by atoms with Gasteiger partial charge in [0.25, 0.3) is 0 Å². The Hall–Kier alpha value is -5.38. The summed E-state index contributed by atoms with van der Waals surface area (Å²) in [5, 5.41) is 5.41. The van der Waals surface area contributed by atoms with E-state index in [2.05, 4.69) is 38.8 Å². The zero-order chi connectivity index (χ0) is 39.7. The van der Waals surface area contributed by atoms with Gasteiger partial charge in [-0.25, -0.2) is 19.6 Å². The average Bonchev–Trinajstić information content (AvgIpc) is 4.04. The molecule has 4 amide bonds. The summed E-state index contributed by atoms with van der Waals surface area (Å²) in [6.45, 7) is 9.29. The first-order valence-electron chi connectivity index (χ1n) is 19.3. The van der Waals surface area contributed by atoms with E-state index in [1.165, 1.54) is 19.8 Å². The lowest BCUT2D eigenvalue weighted by Gasteiger charge is -2.30. The molecular formula is C40H50N8O7S. The molecule has 3 aliphatic rings. The van der Waals surface area contributed by atoms with Crippen LogP contribution in [0.1, 0.15) is 82.7 Å². The van der Waals surface area contributed by atoms with Crippen molar-refractivity contribution in [3.8, 4) is 38.0 Å². The number of carbonyl (C=O) groups excluding carboxylic acids is 4. The Kier molecular flexibility index (Phi) is 11.4. The van der Waals surface area contributed by atoms with E-state index >= 15 is 0 Å². The fraction of sp³-hybridized carbons (Fsp3) is 0.500. The Morgan fingerprint density at radius 1 is 0.821 bits per heavy atom. The Morgan fingerprint density at radius 2 is 1.38 bits per heavy atom. The highest BCUT2D eigenvalue weighted by atomic mass is 32.1. The number of ether oxygens (including phenoxy) is 3. The minimum absolute atomic E-state index is 0.113. The molecule has 4 aromatic rings. The van der Waals surface area contributed by atoms with Gasteiger partial charge >= 0.3 is 12.2 Å². The van der Waals surface area contributed by atoms with E-state index in [1.54, 1.807) is 22.4 Å². The first-order valence-corrected chi connectivity index (χ1v) is 20.1. The molecule has 0 radical (unpaired) electrons. The quantitative estimate of drug-likeness (QED) is 0.145. The molecule has 0 bridgehead atoms. The monoisotopic (exact) mass is 786 g/mol. The summed E-state index contributed by atoms with van der Waals surface area (Å²) in [5.74, 6) is 1.69. The van der Waals surface area contributed by atoms with Crippen molar-refractivity contribution in [2.24, 2.45) is 11.8 Å². The third kappa shape index (κ3) is 7.71. The number of aromatic nitrogens is 4. The third-order valence-electron chi connectivity index (χ3n) is 10.9. The molecule has 3 aliphatic heterocycles. The van der Waals surface area contributed by atoms with Crippen LogP contribution >= 0.6 is 11.3 Å². The Balaban J connectivity index is 1.08. The van der Waals surface area contributed by atoms with Gasteiger partial charge in [0.2, 0.25) is 11.8 Å². The summed E-state index contributed by atoms with van der Waals surface area (Å²) in [6, 6.07) is 6.51. The lowest BCUT2D eigenvalue weighted by molar-refractivity contribution is -0.136. The van der Waals surface area contributed by atoms with Crippen LogP contribution in [-0.2, 0) is 25.5 Å². The molecule has 15 nitrogen and oxygen atoms in total. The van der Waals surface area contributed by atoms with Gasteiger partial charge in [0, 0.05) is 35.5 Å². The van der Waals surface area contributed by atoms with E-state index in [4.69, 9.17) is 24.2 Å². The third-order valence-corrected chi connectivity index (χ3v) is 12.2. The fourth-order valence-corrected chi connectivity index (χ4v) is 9.12. The summed E-state index contributed by atoms with van der Waals surface area (Å²) >= 11 is 1.68. The fourth-order valence-electron chi connectivity index (χ4n) is 7.91. The standard InChI is InChI=1S/C40H50N8O7S/c1-21(2)32(45-39(51)53-5)37(49)47-14-7-9-28(47)35-41-19-26(43-35)23-11-12-25-30(17-23)55-16-13-24-18-31(56-34(24)25)27-20-42-36(44-27)29-10-8-15-48(29)38(50)33(22(3)4)46-40(52)54-6/h11-12,17-22,28-29,32-33H,7-10,13-16H2,1-6H3,(H,41,43)(H,42,44)(H,45,51)(H,46,52)/t28-,29-,32-,33-/m0/s1. The van der Waals surface area contributed by atoms with Crippen molar-refractivity contribution in [2.45, 2.75) is 84.0 Å². The number of likely N-dealkylation sites (tertiary alicyclic amines) is 2. The van der Waals surface area contributed by atoms with Gasteiger partial charge in [-0.05, 0) is 61.3 Å². The van der Waals surface area contributed by atoms with E-state index in [1.807, 2.05) is 44.9 Å². The van der Waals surface area contributed by atoms with Crippen LogP contribution in [0.4, 0.5) is 9.59 Å². The lowest BCUT2D eigenvalue weighted by Crippen LogP contribution is -2.51. The van der Waals surface area contributed by atoms with E-state index in [0.717, 1.165) is 75.9 Å². The summed E-state index contributed by atoms with van der Waals surface area (Å²) in [4.78, 5) is 73.5. The number of fused-ring (bicyclic) bond motifs is 3. The first-order chi connectivity index (χ1) is 27.0. The number of amides is 4. The van der Waals surface area contributed by atoms with Crippen LogP contribution in [0, 0.1) is 11.8 Å². The van der Waals surface area contributed by atoms with E-state index in [-0.39, 0.29) is 35.7 Å². The number of carbonyl (C=O) groups is 4. The minimum Gasteiger partial charge on any atom is -0.493 e. The maximum atomic E-state index is 13.6. The molecule has 4 atom stereocenters. The number of H-pyrrole nitrogens is 2. The van der Waals surface area contributed by atoms with Gasteiger partial charge < -0.3 is 44.6 Å². The molecular weight excluding hydrogens is 737 g/mol. The summed E-state index contributed by atoms with van der Waals surface area (Å²) < 4.78 is 15.8. The maximum absolute atomic E-state index is 13.6. The SMILES string of the molecule is COC(=O)N[C@H](C(=O)N1CCC[C@H]1c1ncc(-c2ccc3c(c2)OCCc2cc(-c4cnc([C@@H]5CCCN5C(=O)[C@@H](NC(=O)OC)C(C)C)[nH]4)sc2-3)[nH]1)C(C)C. The molecule has 2 fully saturated rings. The number of nitrogens with one attached hydrogen (secondary N) is 4. The summed E-state index contributed by atoms with van der Waals surface area (Å²) in [7, 11) is 2.58. The zero-order valence-corrected chi connectivity index (χ0v) is 33.5. The minimum atomic E-state index is -0.702. The number of hydrogen-bond acceptors (Lipinski definition) is 10. The smallest absolute Gasteiger partial charge is 0.407 e. The molecule has 6 heterocycles. The number of methoxy groups -OCH3 is 2. The summed E-state index contributed by atoms with van der Waals surface area (Å²) in [6.07, 6.45) is 6.33. The molecule has 0 unspecified atom stereocenters. The second kappa shape index (κ2) is 16.4. The van der Waals surface area contributed by atoms with Crippen molar-refractivity contribution < 1.29 is 33.4 Å². The molecule has 4 N–H and O–H groups in total. The molecule has 7 rings (SSSR count).